The van der Waals surface area contributed by atoms with Gasteiger partial charge in [0.1, 0.15) is 5.75 Å². The Morgan fingerprint density at radius 1 is 1.33 bits per heavy atom. The normalized spacial score (nSPS) is 44.8. The first-order chi connectivity index (χ1) is 14.4. The van der Waals surface area contributed by atoms with Crippen LogP contribution in [-0.4, -0.2) is 24.0 Å². The molecule has 1 spiro atoms. The van der Waals surface area contributed by atoms with Crippen LogP contribution in [0.4, 0.5) is 0 Å². The molecule has 3 saturated carbocycles. The van der Waals surface area contributed by atoms with Crippen molar-refractivity contribution < 1.29 is 9.84 Å². The average Bonchev–Trinajstić information content (AvgIpc) is 2.71. The minimum absolute atomic E-state index is 0.0564. The van der Waals surface area contributed by atoms with E-state index in [9.17, 15) is 5.11 Å². The largest absolute Gasteiger partial charge is 0.496 e. The smallest absolute Gasteiger partial charge is 0.122 e. The molecule has 3 fully saturated rings. The Morgan fingerprint density at radius 2 is 2.07 bits per heavy atom. The lowest BCUT2D eigenvalue weighted by Gasteiger charge is -2.96. The van der Waals surface area contributed by atoms with E-state index < -0.39 is 5.60 Å². The van der Waals surface area contributed by atoms with Crippen LogP contribution in [0, 0.1) is 28.6 Å². The van der Waals surface area contributed by atoms with E-state index in [0.29, 0.717) is 17.8 Å². The van der Waals surface area contributed by atoms with Gasteiger partial charge in [-0.05, 0) is 109 Å². The van der Waals surface area contributed by atoms with E-state index in [0.717, 1.165) is 44.3 Å². The molecular formula is C27H35NO2. The van der Waals surface area contributed by atoms with Gasteiger partial charge in [0.15, 0.2) is 0 Å². The van der Waals surface area contributed by atoms with Gasteiger partial charge in [-0.25, -0.2) is 0 Å². The van der Waals surface area contributed by atoms with Crippen LogP contribution in [0.2, 0.25) is 0 Å². The Labute approximate surface area is 180 Å². The van der Waals surface area contributed by atoms with Gasteiger partial charge in [0.2, 0.25) is 0 Å². The number of rotatable bonds is 6. The standard InChI is InChI=1S/C27H35NO2/c1-5-11-25-15-26(29)22-14-19(16(2)10-12-28)24(22,3)27(25,26)20-13-21(30-4)17-8-6-7-9-18(17)23(20)25/h5,12-13,16,19,22,28-29H,1,6-11,14-15H2,2-4H3. The van der Waals surface area contributed by atoms with Gasteiger partial charge < -0.3 is 15.3 Å². The fourth-order valence-corrected chi connectivity index (χ4v) is 10.1. The lowest BCUT2D eigenvalue weighted by Crippen LogP contribution is -3.00. The number of benzene rings is 1. The number of nitrogens with one attached hydrogen (secondary N) is 1. The summed E-state index contributed by atoms with van der Waals surface area (Å²) in [5.41, 5.74) is 5.40. The number of methoxy groups -OCH3 is 1. The van der Waals surface area contributed by atoms with Crippen molar-refractivity contribution in [3.63, 3.8) is 0 Å². The lowest BCUT2D eigenvalue weighted by molar-refractivity contribution is -0.443. The summed E-state index contributed by atoms with van der Waals surface area (Å²) in [6.45, 7) is 8.93. The number of hydrogen-bond donors (Lipinski definition) is 2. The molecule has 0 amide bonds. The number of hydrogen-bond acceptors (Lipinski definition) is 3. The van der Waals surface area contributed by atoms with Gasteiger partial charge in [-0.1, -0.05) is 19.9 Å². The summed E-state index contributed by atoms with van der Waals surface area (Å²) in [5, 5.41) is 19.7. The first-order valence-corrected chi connectivity index (χ1v) is 11.9. The van der Waals surface area contributed by atoms with Crippen molar-refractivity contribution in [3.05, 3.63) is 41.0 Å². The number of fused-ring (bicyclic) bond motifs is 6. The van der Waals surface area contributed by atoms with Gasteiger partial charge in [-0.15, -0.1) is 6.58 Å². The SMILES string of the molecule is C=CCC12CC3(O)C4CC(C(C)CC=N)C4(C)C13c1cc(OC)c3c(c12)CCCC3. The zero-order valence-electron chi connectivity index (χ0n) is 18.7. The molecule has 0 radical (unpaired) electrons. The third-order valence-electron chi connectivity index (χ3n) is 10.7. The minimum atomic E-state index is -0.563. The van der Waals surface area contributed by atoms with Crippen LogP contribution in [0.15, 0.2) is 18.7 Å². The van der Waals surface area contributed by atoms with E-state index in [2.05, 4.69) is 32.6 Å². The third kappa shape index (κ3) is 1.53. The maximum Gasteiger partial charge on any atom is 0.122 e. The van der Waals surface area contributed by atoms with Gasteiger partial charge in [0.25, 0.3) is 0 Å². The van der Waals surface area contributed by atoms with Gasteiger partial charge >= 0.3 is 0 Å². The Hall–Kier alpha value is -1.61. The van der Waals surface area contributed by atoms with Crippen molar-refractivity contribution in [2.45, 2.75) is 81.6 Å². The highest BCUT2D eigenvalue weighted by Crippen LogP contribution is 2.95. The summed E-state index contributed by atoms with van der Waals surface area (Å²) in [7, 11) is 1.81. The molecule has 1 aromatic rings. The highest BCUT2D eigenvalue weighted by molar-refractivity contribution is 5.75. The van der Waals surface area contributed by atoms with E-state index in [1.807, 2.05) is 0 Å². The van der Waals surface area contributed by atoms with Crippen LogP contribution in [0.25, 0.3) is 0 Å². The molecule has 2 N–H and O–H groups in total. The predicted octanol–water partition coefficient (Wildman–Crippen LogP) is 5.11. The summed E-state index contributed by atoms with van der Waals surface area (Å²) in [6.07, 6.45) is 12.3. The van der Waals surface area contributed by atoms with Crippen molar-refractivity contribution in [2.75, 3.05) is 7.11 Å². The van der Waals surface area contributed by atoms with Crippen LogP contribution < -0.4 is 4.74 Å². The maximum absolute atomic E-state index is 12.0. The highest BCUT2D eigenvalue weighted by Gasteiger charge is 2.98. The van der Waals surface area contributed by atoms with Crippen LogP contribution in [0.5, 0.6) is 5.75 Å². The van der Waals surface area contributed by atoms with E-state index in [1.54, 1.807) is 24.5 Å². The van der Waals surface area contributed by atoms with E-state index >= 15 is 0 Å². The van der Waals surface area contributed by atoms with Crippen molar-refractivity contribution in [1.29, 1.82) is 5.41 Å². The first-order valence-electron chi connectivity index (χ1n) is 11.9. The fraction of sp³-hybridized carbons (Fsp3) is 0.667. The second-order valence-corrected chi connectivity index (χ2v) is 11.2. The summed E-state index contributed by atoms with van der Waals surface area (Å²) in [6, 6.07) is 2.32. The molecule has 0 saturated heterocycles. The second-order valence-electron chi connectivity index (χ2n) is 11.2. The molecule has 5 aliphatic rings. The molecule has 7 unspecified atom stereocenters. The zero-order chi connectivity index (χ0) is 21.1. The molecule has 5 aliphatic carbocycles. The Bertz CT molecular complexity index is 984. The molecular weight excluding hydrogens is 370 g/mol. The average molecular weight is 406 g/mol. The first kappa shape index (κ1) is 19.1. The third-order valence-corrected chi connectivity index (χ3v) is 10.7. The number of allylic oxidation sites excluding steroid dienone is 1. The molecule has 3 nitrogen and oxygen atoms in total. The lowest BCUT2D eigenvalue weighted by atomic mass is 9.07. The van der Waals surface area contributed by atoms with Crippen molar-refractivity contribution in [2.24, 2.45) is 23.2 Å². The molecule has 1 aromatic carbocycles. The summed E-state index contributed by atoms with van der Waals surface area (Å²) in [4.78, 5) is 0. The van der Waals surface area contributed by atoms with Gasteiger partial charge in [0.05, 0.1) is 12.7 Å². The molecule has 6 rings (SSSR count). The fourth-order valence-electron chi connectivity index (χ4n) is 10.1. The monoisotopic (exact) mass is 405 g/mol. The predicted molar refractivity (Wildman–Crippen MR) is 120 cm³/mol. The summed E-state index contributed by atoms with van der Waals surface area (Å²) < 4.78 is 5.91. The van der Waals surface area contributed by atoms with Crippen molar-refractivity contribution in [1.82, 2.24) is 0 Å². The maximum atomic E-state index is 12.0. The number of aliphatic hydroxyl groups is 1. The molecule has 0 heterocycles. The highest BCUT2D eigenvalue weighted by atomic mass is 16.5. The van der Waals surface area contributed by atoms with Crippen LogP contribution in [0.1, 0.15) is 74.6 Å². The molecule has 3 heteroatoms. The molecule has 160 valence electrons. The number of ether oxygens (including phenoxy) is 1. The van der Waals surface area contributed by atoms with Crippen LogP contribution in [0.3, 0.4) is 0 Å². The van der Waals surface area contributed by atoms with Crippen LogP contribution >= 0.6 is 0 Å². The molecule has 0 aromatic heterocycles. The summed E-state index contributed by atoms with van der Waals surface area (Å²) >= 11 is 0. The van der Waals surface area contributed by atoms with Crippen molar-refractivity contribution in [3.8, 4) is 5.75 Å². The van der Waals surface area contributed by atoms with Crippen LogP contribution in [-0.2, 0) is 23.7 Å². The Balaban J connectivity index is 1.57. The quantitative estimate of drug-likeness (QED) is 0.511. The molecule has 0 bridgehead atoms. The van der Waals surface area contributed by atoms with Crippen molar-refractivity contribution >= 4 is 6.21 Å². The Morgan fingerprint density at radius 3 is 2.73 bits per heavy atom. The zero-order valence-corrected chi connectivity index (χ0v) is 18.7. The van der Waals surface area contributed by atoms with Gasteiger partial charge in [-0.3, -0.25) is 0 Å². The second kappa shape index (κ2) is 5.59. The molecule has 30 heavy (non-hydrogen) atoms. The van der Waals surface area contributed by atoms with E-state index in [-0.39, 0.29) is 16.2 Å². The topological polar surface area (TPSA) is 53.3 Å². The molecule has 0 aliphatic heterocycles. The Kier molecular flexibility index (Phi) is 3.56. The molecule has 7 atom stereocenters. The van der Waals surface area contributed by atoms with Gasteiger partial charge in [-0.2, -0.15) is 0 Å². The van der Waals surface area contributed by atoms with E-state index in [1.165, 1.54) is 24.0 Å². The minimum Gasteiger partial charge on any atom is -0.496 e. The van der Waals surface area contributed by atoms with E-state index in [4.69, 9.17) is 10.1 Å². The summed E-state index contributed by atoms with van der Waals surface area (Å²) in [5.74, 6) is 2.52. The van der Waals surface area contributed by atoms with Gasteiger partial charge in [0, 0.05) is 10.8 Å².